The van der Waals surface area contributed by atoms with Crippen LogP contribution in [0.5, 0.6) is 0 Å². The van der Waals surface area contributed by atoms with Gasteiger partial charge < -0.3 is 5.73 Å². The lowest BCUT2D eigenvalue weighted by molar-refractivity contribution is 0.100. The maximum Gasteiger partial charge on any atom is 0.248 e. The number of nitrogens with two attached hydrogens (primary N) is 1. The van der Waals surface area contributed by atoms with E-state index in [-0.39, 0.29) is 11.3 Å². The molecule has 0 spiro atoms. The van der Waals surface area contributed by atoms with E-state index in [1.54, 1.807) is 0 Å². The van der Waals surface area contributed by atoms with E-state index in [2.05, 4.69) is 4.72 Å². The molecule has 0 saturated carbocycles. The molecule has 0 radical (unpaired) electrons. The van der Waals surface area contributed by atoms with E-state index in [1.807, 2.05) is 0 Å². The molecule has 1 rings (SSSR count). The van der Waals surface area contributed by atoms with Crippen molar-refractivity contribution in [2.75, 3.05) is 10.5 Å². The third-order valence-corrected chi connectivity index (χ3v) is 2.75. The van der Waals surface area contributed by atoms with Crippen molar-refractivity contribution in [2.45, 2.75) is 0 Å². The first-order chi connectivity index (χ1) is 7.44. The van der Waals surface area contributed by atoms with E-state index in [4.69, 9.17) is 11.0 Å². The van der Waals surface area contributed by atoms with Gasteiger partial charge in [-0.2, -0.15) is 5.26 Å². The number of sulfonamides is 1. The normalized spacial score (nSPS) is 10.4. The lowest BCUT2D eigenvalue weighted by Crippen LogP contribution is -2.16. The average Bonchev–Trinajstić information content (AvgIpc) is 2.17. The first-order valence-electron chi connectivity index (χ1n) is 4.22. The summed E-state index contributed by atoms with van der Waals surface area (Å²) >= 11 is 0. The van der Waals surface area contributed by atoms with Gasteiger partial charge in [0.05, 0.1) is 6.07 Å². The number of primary amides is 1. The molecule has 6 nitrogen and oxygen atoms in total. The minimum atomic E-state index is -3.65. The molecule has 0 fully saturated rings. The van der Waals surface area contributed by atoms with Gasteiger partial charge in [-0.25, -0.2) is 8.42 Å². The predicted molar refractivity (Wildman–Crippen MR) is 58.0 cm³/mol. The van der Waals surface area contributed by atoms with Gasteiger partial charge in [0.1, 0.15) is 0 Å². The van der Waals surface area contributed by atoms with Crippen molar-refractivity contribution in [3.05, 3.63) is 29.8 Å². The maximum atomic E-state index is 11.2. The maximum absolute atomic E-state index is 11.2. The van der Waals surface area contributed by atoms with Crippen molar-refractivity contribution >= 4 is 21.6 Å². The number of carbonyl (C=O) groups excluding carboxylic acids is 1. The van der Waals surface area contributed by atoms with E-state index >= 15 is 0 Å². The second kappa shape index (κ2) is 4.63. The van der Waals surface area contributed by atoms with E-state index < -0.39 is 21.7 Å². The highest BCUT2D eigenvalue weighted by Gasteiger charge is 2.09. The minimum Gasteiger partial charge on any atom is -0.366 e. The fourth-order valence-electron chi connectivity index (χ4n) is 1.00. The van der Waals surface area contributed by atoms with Crippen LogP contribution in [0.4, 0.5) is 5.69 Å². The Morgan fingerprint density at radius 3 is 2.38 bits per heavy atom. The number of benzene rings is 1. The number of anilines is 1. The molecule has 0 unspecified atom stereocenters. The van der Waals surface area contributed by atoms with Gasteiger partial charge in [-0.15, -0.1) is 0 Å². The molecular weight excluding hydrogens is 230 g/mol. The van der Waals surface area contributed by atoms with Crippen LogP contribution in [0.3, 0.4) is 0 Å². The number of nitrogens with one attached hydrogen (secondary N) is 1. The summed E-state index contributed by atoms with van der Waals surface area (Å²) in [4.78, 5) is 10.7. The third-order valence-electron chi connectivity index (χ3n) is 1.70. The largest absolute Gasteiger partial charge is 0.366 e. The number of nitriles is 1. The third kappa shape index (κ3) is 3.25. The molecule has 0 bridgehead atoms. The monoisotopic (exact) mass is 239 g/mol. The van der Waals surface area contributed by atoms with Gasteiger partial charge >= 0.3 is 0 Å². The molecule has 16 heavy (non-hydrogen) atoms. The molecule has 3 N–H and O–H groups in total. The van der Waals surface area contributed by atoms with Gasteiger partial charge in [-0.1, -0.05) is 0 Å². The van der Waals surface area contributed by atoms with Crippen LogP contribution < -0.4 is 10.5 Å². The second-order valence-electron chi connectivity index (χ2n) is 2.96. The first kappa shape index (κ1) is 12.0. The summed E-state index contributed by atoms with van der Waals surface area (Å²) in [5.41, 5.74) is 5.58. The van der Waals surface area contributed by atoms with Gasteiger partial charge in [-0.3, -0.25) is 9.52 Å². The first-order valence-corrected chi connectivity index (χ1v) is 5.87. The smallest absolute Gasteiger partial charge is 0.248 e. The highest BCUT2D eigenvalue weighted by atomic mass is 32.2. The number of amides is 1. The van der Waals surface area contributed by atoms with Crippen LogP contribution >= 0.6 is 0 Å². The summed E-state index contributed by atoms with van der Waals surface area (Å²) < 4.78 is 24.6. The summed E-state index contributed by atoms with van der Waals surface area (Å²) in [5, 5.41) is 8.27. The second-order valence-corrected chi connectivity index (χ2v) is 4.68. The average molecular weight is 239 g/mol. The molecular formula is C9H9N3O3S. The molecule has 0 aliphatic carbocycles. The van der Waals surface area contributed by atoms with Gasteiger partial charge in [-0.05, 0) is 24.3 Å². The lowest BCUT2D eigenvalue weighted by atomic mass is 10.2. The van der Waals surface area contributed by atoms with Crippen LogP contribution in [-0.2, 0) is 10.0 Å². The molecule has 0 saturated heterocycles. The van der Waals surface area contributed by atoms with Crippen molar-refractivity contribution in [3.8, 4) is 6.07 Å². The molecule has 0 aliphatic heterocycles. The summed E-state index contributed by atoms with van der Waals surface area (Å²) in [7, 11) is -3.65. The Bertz CT molecular complexity index is 528. The van der Waals surface area contributed by atoms with Crippen molar-refractivity contribution < 1.29 is 13.2 Å². The summed E-state index contributed by atoms with van der Waals surface area (Å²) in [5.74, 6) is -1.21. The number of hydrogen-bond donors (Lipinski definition) is 2. The van der Waals surface area contributed by atoms with Crippen LogP contribution in [0.1, 0.15) is 10.4 Å². The van der Waals surface area contributed by atoms with Crippen molar-refractivity contribution in [1.29, 1.82) is 5.26 Å². The Morgan fingerprint density at radius 2 is 1.94 bits per heavy atom. The Balaban J connectivity index is 2.85. The molecule has 0 heterocycles. The number of nitrogens with zero attached hydrogens (tertiary/aromatic N) is 1. The van der Waals surface area contributed by atoms with E-state index in [0.29, 0.717) is 0 Å². The molecule has 0 atom stereocenters. The molecule has 84 valence electrons. The molecule has 0 aliphatic rings. The molecule has 1 aromatic carbocycles. The lowest BCUT2D eigenvalue weighted by Gasteiger charge is -2.04. The highest BCUT2D eigenvalue weighted by molar-refractivity contribution is 7.92. The Morgan fingerprint density at radius 1 is 1.38 bits per heavy atom. The summed E-state index contributed by atoms with van der Waals surface area (Å²) in [6.45, 7) is 0. The number of carbonyl (C=O) groups is 1. The highest BCUT2D eigenvalue weighted by Crippen LogP contribution is 2.10. The zero-order valence-corrected chi connectivity index (χ0v) is 8.99. The molecule has 7 heteroatoms. The van der Waals surface area contributed by atoms with Crippen LogP contribution in [-0.4, -0.2) is 20.1 Å². The number of hydrogen-bond acceptors (Lipinski definition) is 4. The zero-order valence-electron chi connectivity index (χ0n) is 8.17. The van der Waals surface area contributed by atoms with Gasteiger partial charge in [0.25, 0.3) is 0 Å². The molecule has 1 aromatic rings. The predicted octanol–water partition coefficient (Wildman–Crippen LogP) is 0.0508. The zero-order chi connectivity index (χ0) is 12.2. The van der Waals surface area contributed by atoms with Gasteiger partial charge in [0, 0.05) is 11.3 Å². The van der Waals surface area contributed by atoms with E-state index in [0.717, 1.165) is 0 Å². The fourth-order valence-corrected chi connectivity index (χ4v) is 1.74. The van der Waals surface area contributed by atoms with Crippen LogP contribution in [0, 0.1) is 11.3 Å². The van der Waals surface area contributed by atoms with Crippen LogP contribution in [0.25, 0.3) is 0 Å². The van der Waals surface area contributed by atoms with Crippen molar-refractivity contribution in [3.63, 3.8) is 0 Å². The SMILES string of the molecule is N#CCS(=O)(=O)Nc1ccc(C(N)=O)cc1. The van der Waals surface area contributed by atoms with Crippen molar-refractivity contribution in [2.24, 2.45) is 5.73 Å². The summed E-state index contributed by atoms with van der Waals surface area (Å²) in [6.07, 6.45) is 0. The Labute approximate surface area is 92.7 Å². The van der Waals surface area contributed by atoms with Gasteiger partial charge in [0.15, 0.2) is 5.75 Å². The quantitative estimate of drug-likeness (QED) is 0.772. The van der Waals surface area contributed by atoms with Crippen LogP contribution in [0.2, 0.25) is 0 Å². The van der Waals surface area contributed by atoms with E-state index in [9.17, 15) is 13.2 Å². The Kier molecular flexibility index (Phi) is 3.48. The molecule has 0 aromatic heterocycles. The topological polar surface area (TPSA) is 113 Å². The fraction of sp³-hybridized carbons (Fsp3) is 0.111. The molecule has 1 amide bonds. The van der Waals surface area contributed by atoms with Crippen molar-refractivity contribution in [1.82, 2.24) is 0 Å². The number of rotatable bonds is 4. The minimum absolute atomic E-state index is 0.278. The standard InChI is InChI=1S/C9H9N3O3S/c10-5-6-16(14,15)12-8-3-1-7(2-4-8)9(11)13/h1-4,12H,6H2,(H2,11,13). The van der Waals surface area contributed by atoms with Gasteiger partial charge in [0.2, 0.25) is 15.9 Å². The summed E-state index contributed by atoms with van der Waals surface area (Å²) in [6, 6.07) is 7.12. The Hall–Kier alpha value is -2.07. The van der Waals surface area contributed by atoms with E-state index in [1.165, 1.54) is 30.3 Å². The van der Waals surface area contributed by atoms with Crippen LogP contribution in [0.15, 0.2) is 24.3 Å².